The van der Waals surface area contributed by atoms with Crippen LogP contribution >= 0.6 is 12.4 Å². The number of likely N-dealkylation sites (tertiary alicyclic amines) is 1. The summed E-state index contributed by atoms with van der Waals surface area (Å²) in [7, 11) is 2.06. The number of benzene rings is 1. The van der Waals surface area contributed by atoms with E-state index in [2.05, 4.69) is 18.0 Å². The van der Waals surface area contributed by atoms with Gasteiger partial charge in [0.25, 0.3) is 5.91 Å². The maximum atomic E-state index is 13.0. The smallest absolute Gasteiger partial charge is 0.250 e. The molecule has 1 fully saturated rings. The maximum Gasteiger partial charge on any atom is 0.250 e. The minimum atomic E-state index is -0.181. The average Bonchev–Trinajstić information content (AvgIpc) is 2.57. The molecule has 1 aromatic carbocycles. The lowest BCUT2D eigenvalue weighted by Crippen LogP contribution is -2.42. The standard InChI is InChI=1S/C19H25FN2O.ClH/c1-21-10-2-3-17(14-21)19(23)22-11-8-16(9-12-22)13-15-4-6-18(20)7-5-15;/h3-7,16H,2,8-14H2,1H3;1H. The van der Waals surface area contributed by atoms with Crippen LogP contribution in [0.4, 0.5) is 4.39 Å². The summed E-state index contributed by atoms with van der Waals surface area (Å²) in [6.45, 7) is 3.49. The molecule has 0 aromatic heterocycles. The molecule has 1 saturated heterocycles. The zero-order valence-corrected chi connectivity index (χ0v) is 15.0. The monoisotopic (exact) mass is 352 g/mol. The largest absolute Gasteiger partial charge is 0.339 e. The molecule has 24 heavy (non-hydrogen) atoms. The van der Waals surface area contributed by atoms with Gasteiger partial charge in [0.15, 0.2) is 0 Å². The summed E-state index contributed by atoms with van der Waals surface area (Å²) in [5.41, 5.74) is 2.14. The van der Waals surface area contributed by atoms with E-state index < -0.39 is 0 Å². The zero-order valence-electron chi connectivity index (χ0n) is 14.2. The zero-order chi connectivity index (χ0) is 16.2. The molecule has 3 rings (SSSR count). The Morgan fingerprint density at radius 2 is 1.83 bits per heavy atom. The van der Waals surface area contributed by atoms with E-state index in [-0.39, 0.29) is 24.1 Å². The number of hydrogen-bond acceptors (Lipinski definition) is 2. The van der Waals surface area contributed by atoms with Gasteiger partial charge in [-0.2, -0.15) is 0 Å². The summed E-state index contributed by atoms with van der Waals surface area (Å²) in [6, 6.07) is 6.80. The van der Waals surface area contributed by atoms with Crippen molar-refractivity contribution in [3.05, 3.63) is 47.3 Å². The number of nitrogens with zero attached hydrogens (tertiary/aromatic N) is 2. The number of amides is 1. The molecule has 0 bridgehead atoms. The van der Waals surface area contributed by atoms with Crippen molar-refractivity contribution in [1.82, 2.24) is 9.80 Å². The predicted octanol–water partition coefficient (Wildman–Crippen LogP) is 3.29. The minimum Gasteiger partial charge on any atom is -0.339 e. The Morgan fingerprint density at radius 3 is 2.46 bits per heavy atom. The second-order valence-electron chi connectivity index (χ2n) is 6.82. The van der Waals surface area contributed by atoms with Crippen LogP contribution in [0.15, 0.2) is 35.9 Å². The lowest BCUT2D eigenvalue weighted by Gasteiger charge is -2.34. The molecule has 2 aliphatic rings. The van der Waals surface area contributed by atoms with E-state index in [1.165, 1.54) is 17.7 Å². The van der Waals surface area contributed by atoms with Gasteiger partial charge in [-0.3, -0.25) is 4.79 Å². The van der Waals surface area contributed by atoms with Crippen molar-refractivity contribution >= 4 is 18.3 Å². The third-order valence-corrected chi connectivity index (χ3v) is 4.96. The molecule has 1 aromatic rings. The number of halogens is 2. The van der Waals surface area contributed by atoms with Crippen molar-refractivity contribution < 1.29 is 9.18 Å². The van der Waals surface area contributed by atoms with Gasteiger partial charge >= 0.3 is 0 Å². The maximum absolute atomic E-state index is 13.0. The lowest BCUT2D eigenvalue weighted by atomic mass is 9.90. The molecule has 0 unspecified atom stereocenters. The van der Waals surface area contributed by atoms with Crippen molar-refractivity contribution in [2.24, 2.45) is 5.92 Å². The molecule has 0 radical (unpaired) electrons. The van der Waals surface area contributed by atoms with E-state index in [0.717, 1.165) is 57.4 Å². The van der Waals surface area contributed by atoms with Crippen LogP contribution in [0.1, 0.15) is 24.8 Å². The third kappa shape index (κ3) is 4.81. The van der Waals surface area contributed by atoms with E-state index in [9.17, 15) is 9.18 Å². The predicted molar refractivity (Wildman–Crippen MR) is 96.9 cm³/mol. The van der Waals surface area contributed by atoms with Gasteiger partial charge in [0.05, 0.1) is 0 Å². The molecular weight excluding hydrogens is 327 g/mol. The van der Waals surface area contributed by atoms with Gasteiger partial charge < -0.3 is 9.80 Å². The van der Waals surface area contributed by atoms with E-state index in [1.54, 1.807) is 0 Å². The Hall–Kier alpha value is -1.39. The van der Waals surface area contributed by atoms with Crippen molar-refractivity contribution in [1.29, 1.82) is 0 Å². The van der Waals surface area contributed by atoms with Crippen molar-refractivity contribution in [2.75, 3.05) is 33.2 Å². The van der Waals surface area contributed by atoms with Gasteiger partial charge in [0.2, 0.25) is 0 Å². The topological polar surface area (TPSA) is 23.6 Å². The van der Waals surface area contributed by atoms with Crippen LogP contribution in [0, 0.1) is 11.7 Å². The van der Waals surface area contributed by atoms with Gasteiger partial charge in [-0.05, 0) is 56.3 Å². The van der Waals surface area contributed by atoms with Crippen molar-refractivity contribution in [2.45, 2.75) is 25.7 Å². The number of likely N-dealkylation sites (N-methyl/N-ethyl adjacent to an activating group) is 1. The molecule has 0 aliphatic carbocycles. The van der Waals surface area contributed by atoms with Gasteiger partial charge in [0.1, 0.15) is 5.82 Å². The number of carbonyl (C=O) groups is 1. The summed E-state index contributed by atoms with van der Waals surface area (Å²) >= 11 is 0. The molecule has 5 heteroatoms. The number of carbonyl (C=O) groups excluding carboxylic acids is 1. The highest BCUT2D eigenvalue weighted by molar-refractivity contribution is 5.94. The van der Waals surface area contributed by atoms with Crippen LogP contribution < -0.4 is 0 Å². The molecule has 2 aliphatic heterocycles. The summed E-state index contributed by atoms with van der Waals surface area (Å²) < 4.78 is 13.0. The fraction of sp³-hybridized carbons (Fsp3) is 0.526. The first-order valence-corrected chi connectivity index (χ1v) is 8.53. The van der Waals surface area contributed by atoms with Crippen LogP contribution in [0.5, 0.6) is 0 Å². The van der Waals surface area contributed by atoms with E-state index in [1.807, 2.05) is 17.0 Å². The SMILES string of the molecule is CN1CCC=C(C(=O)N2CCC(Cc3ccc(F)cc3)CC2)C1.Cl. The molecule has 3 nitrogen and oxygen atoms in total. The quantitative estimate of drug-likeness (QED) is 0.833. The second-order valence-corrected chi connectivity index (χ2v) is 6.82. The van der Waals surface area contributed by atoms with Crippen molar-refractivity contribution in [3.8, 4) is 0 Å². The summed E-state index contributed by atoms with van der Waals surface area (Å²) in [5, 5.41) is 0. The first kappa shape index (κ1) is 18.9. The Bertz CT molecular complexity index is 580. The summed E-state index contributed by atoms with van der Waals surface area (Å²) in [5.74, 6) is 0.629. The van der Waals surface area contributed by atoms with Crippen LogP contribution in [0.2, 0.25) is 0 Å². The Balaban J connectivity index is 0.00000208. The van der Waals surface area contributed by atoms with E-state index >= 15 is 0 Å². The minimum absolute atomic E-state index is 0. The number of hydrogen-bond donors (Lipinski definition) is 0. The highest BCUT2D eigenvalue weighted by Gasteiger charge is 2.26. The Labute approximate surface area is 149 Å². The molecule has 1 amide bonds. The second kappa shape index (κ2) is 8.63. The van der Waals surface area contributed by atoms with Crippen molar-refractivity contribution in [3.63, 3.8) is 0 Å². The highest BCUT2D eigenvalue weighted by atomic mass is 35.5. The average molecular weight is 353 g/mol. The number of piperidine rings is 1. The molecule has 132 valence electrons. The normalized spacial score (nSPS) is 19.6. The molecule has 2 heterocycles. The molecule has 0 N–H and O–H groups in total. The molecule has 0 atom stereocenters. The first-order valence-electron chi connectivity index (χ1n) is 8.53. The van der Waals surface area contributed by atoms with E-state index in [4.69, 9.17) is 0 Å². The van der Waals surface area contributed by atoms with Gasteiger partial charge in [-0.1, -0.05) is 18.2 Å². The van der Waals surface area contributed by atoms with Gasteiger partial charge in [-0.15, -0.1) is 12.4 Å². The van der Waals surface area contributed by atoms with E-state index in [0.29, 0.717) is 5.92 Å². The summed E-state index contributed by atoms with van der Waals surface area (Å²) in [4.78, 5) is 16.8. The number of rotatable bonds is 3. The van der Waals surface area contributed by atoms with Gasteiger partial charge in [0, 0.05) is 31.8 Å². The Kier molecular flexibility index (Phi) is 6.81. The van der Waals surface area contributed by atoms with Crippen LogP contribution in [0.3, 0.4) is 0 Å². The lowest BCUT2D eigenvalue weighted by molar-refractivity contribution is -0.128. The molecule has 0 spiro atoms. The fourth-order valence-electron chi connectivity index (χ4n) is 3.55. The third-order valence-electron chi connectivity index (χ3n) is 4.96. The Morgan fingerprint density at radius 1 is 1.17 bits per heavy atom. The van der Waals surface area contributed by atoms with Crippen LogP contribution in [-0.4, -0.2) is 48.9 Å². The van der Waals surface area contributed by atoms with Crippen LogP contribution in [-0.2, 0) is 11.2 Å². The highest BCUT2D eigenvalue weighted by Crippen LogP contribution is 2.23. The molecular formula is C19H26ClFN2O. The fourth-order valence-corrected chi connectivity index (χ4v) is 3.55. The first-order chi connectivity index (χ1) is 11.1. The molecule has 0 saturated carbocycles. The summed E-state index contributed by atoms with van der Waals surface area (Å²) in [6.07, 6.45) is 6.12. The van der Waals surface area contributed by atoms with Crippen LogP contribution in [0.25, 0.3) is 0 Å². The van der Waals surface area contributed by atoms with Gasteiger partial charge in [-0.25, -0.2) is 4.39 Å².